The molecule has 1 aliphatic heterocycles. The van der Waals surface area contributed by atoms with Crippen LogP contribution in [0.15, 0.2) is 41.7 Å². The fourth-order valence-corrected chi connectivity index (χ4v) is 5.92. The number of carbonyl (C=O) groups is 1. The van der Waals surface area contributed by atoms with Crippen molar-refractivity contribution in [3.63, 3.8) is 0 Å². The van der Waals surface area contributed by atoms with Gasteiger partial charge in [-0.3, -0.25) is 9.36 Å². The lowest BCUT2D eigenvalue weighted by atomic mass is 10.1. The molecule has 0 spiro atoms. The molecule has 4 heterocycles. The molecule has 2 N–H and O–H groups in total. The second-order valence-corrected chi connectivity index (χ2v) is 12.4. The number of sulfone groups is 1. The van der Waals surface area contributed by atoms with Gasteiger partial charge in [0.1, 0.15) is 29.6 Å². The molecule has 1 saturated heterocycles. The molecule has 3 atom stereocenters. The number of aromatic nitrogens is 5. The average Bonchev–Trinajstić information content (AvgIpc) is 3.33. The molecule has 1 unspecified atom stereocenters. The molecule has 2 aliphatic rings. The maximum Gasteiger partial charge on any atom is 0.231 e. The minimum atomic E-state index is -3.66. The lowest BCUT2D eigenvalue weighted by Crippen LogP contribution is -2.20. The molecule has 1 aliphatic carbocycles. The van der Waals surface area contributed by atoms with Gasteiger partial charge in [0, 0.05) is 37.7 Å². The smallest absolute Gasteiger partial charge is 0.231 e. The van der Waals surface area contributed by atoms with E-state index in [9.17, 15) is 17.6 Å². The molecule has 1 aromatic carbocycles. The minimum absolute atomic E-state index is 0.0798. The highest BCUT2D eigenvalue weighted by Crippen LogP contribution is 2.37. The van der Waals surface area contributed by atoms with E-state index >= 15 is 0 Å². The van der Waals surface area contributed by atoms with Crippen LogP contribution in [0.25, 0.3) is 22.4 Å². The number of amides is 1. The van der Waals surface area contributed by atoms with Crippen molar-refractivity contribution < 1.29 is 22.3 Å². The topological polar surface area (TPSA) is 133 Å². The van der Waals surface area contributed by atoms with E-state index in [0.29, 0.717) is 46.2 Å². The Morgan fingerprint density at radius 1 is 1.18 bits per heavy atom. The number of ether oxygens (including phenoxy) is 1. The summed E-state index contributed by atoms with van der Waals surface area (Å²) in [6.07, 6.45) is 6.11. The largest absolute Gasteiger partial charge is 0.358 e. The van der Waals surface area contributed by atoms with Crippen molar-refractivity contribution in [1.82, 2.24) is 24.1 Å². The third-order valence-corrected chi connectivity index (χ3v) is 8.36. The molecule has 6 rings (SSSR count). The van der Waals surface area contributed by atoms with Gasteiger partial charge in [0.25, 0.3) is 0 Å². The summed E-state index contributed by atoms with van der Waals surface area (Å²) in [6.45, 7) is 2.47. The number of benzene rings is 1. The van der Waals surface area contributed by atoms with Gasteiger partial charge < -0.3 is 19.9 Å². The number of hydrogen-bond donors (Lipinski definition) is 2. The molecular weight excluding hydrogens is 537 g/mol. The van der Waals surface area contributed by atoms with Gasteiger partial charge in [-0.25, -0.2) is 27.8 Å². The second kappa shape index (κ2) is 9.97. The van der Waals surface area contributed by atoms with Crippen LogP contribution in [-0.4, -0.2) is 57.4 Å². The number of pyridine rings is 1. The maximum atomic E-state index is 13.6. The van der Waals surface area contributed by atoms with Crippen molar-refractivity contribution >= 4 is 44.1 Å². The van der Waals surface area contributed by atoms with Crippen LogP contribution in [0.3, 0.4) is 0 Å². The monoisotopic (exact) mass is 567 g/mol. The van der Waals surface area contributed by atoms with Crippen LogP contribution in [0, 0.1) is 12.8 Å². The lowest BCUT2D eigenvalue weighted by Gasteiger charge is -2.25. The van der Waals surface area contributed by atoms with Crippen molar-refractivity contribution in [2.45, 2.75) is 49.9 Å². The standard InChI is InChI=1S/C27H30FN7O4S/c1-15-30-25-20(31-19-8-7-16(10-22(19)40(3,37)38)21-13-34(2)14-29-21)12-23(33-27(36)17-11-18(17)28)32-26(25)35(15)24-6-4-5-9-39-24/h7-8,10,12-14,17-18,24H,4-6,9,11H2,1-3H3,(H2,31,32,33,36)/t17-,18+,24?/m0/s1. The van der Waals surface area contributed by atoms with Gasteiger partial charge in [-0.1, -0.05) is 6.07 Å². The number of alkyl halides is 1. The number of fused-ring (bicyclic) bond motifs is 1. The van der Waals surface area contributed by atoms with Crippen molar-refractivity contribution in [2.75, 3.05) is 23.5 Å². The Labute approximate surface area is 230 Å². The number of imidazole rings is 2. The van der Waals surface area contributed by atoms with Crippen molar-refractivity contribution in [1.29, 1.82) is 0 Å². The predicted octanol–water partition coefficient (Wildman–Crippen LogP) is 4.28. The van der Waals surface area contributed by atoms with Crippen LogP contribution >= 0.6 is 0 Å². The highest BCUT2D eigenvalue weighted by Gasteiger charge is 2.43. The SMILES string of the molecule is Cc1nc2c(Nc3ccc(-c4cn(C)cn4)cc3S(C)(=O)=O)cc(NC(=O)[C@H]3C[C@H]3F)nc2n1C1CCCCO1. The van der Waals surface area contributed by atoms with E-state index < -0.39 is 27.8 Å². The van der Waals surface area contributed by atoms with Crippen molar-refractivity contribution in [3.8, 4) is 11.3 Å². The van der Waals surface area contributed by atoms with Crippen molar-refractivity contribution in [3.05, 3.63) is 42.6 Å². The number of anilines is 3. The summed E-state index contributed by atoms with van der Waals surface area (Å²) in [5.41, 5.74) is 3.04. The van der Waals surface area contributed by atoms with E-state index in [0.717, 1.165) is 25.5 Å². The number of halogens is 1. The zero-order valence-corrected chi connectivity index (χ0v) is 23.2. The van der Waals surface area contributed by atoms with E-state index in [1.165, 1.54) is 0 Å². The molecule has 3 aromatic heterocycles. The Bertz CT molecular complexity index is 1730. The Morgan fingerprint density at radius 3 is 2.62 bits per heavy atom. The van der Waals surface area contributed by atoms with Crippen LogP contribution in [0.2, 0.25) is 0 Å². The summed E-state index contributed by atoms with van der Waals surface area (Å²) >= 11 is 0. The number of aryl methyl sites for hydroxylation is 2. The normalized spacial score (nSPS) is 20.9. The molecule has 210 valence electrons. The Balaban J connectivity index is 1.45. The number of carbonyl (C=O) groups excluding carboxylic acids is 1. The average molecular weight is 568 g/mol. The number of nitrogens with one attached hydrogen (secondary N) is 2. The first-order valence-electron chi connectivity index (χ1n) is 13.1. The number of hydrogen-bond acceptors (Lipinski definition) is 8. The predicted molar refractivity (Wildman–Crippen MR) is 148 cm³/mol. The Morgan fingerprint density at radius 2 is 1.98 bits per heavy atom. The molecule has 0 radical (unpaired) electrons. The van der Waals surface area contributed by atoms with Crippen LogP contribution < -0.4 is 10.6 Å². The fourth-order valence-electron chi connectivity index (χ4n) is 5.06. The zero-order chi connectivity index (χ0) is 28.2. The number of rotatable bonds is 7. The van der Waals surface area contributed by atoms with Crippen molar-refractivity contribution in [2.24, 2.45) is 13.0 Å². The molecular formula is C27H30FN7O4S. The summed E-state index contributed by atoms with van der Waals surface area (Å²) < 4.78 is 49.0. The van der Waals surface area contributed by atoms with E-state index in [1.54, 1.807) is 41.4 Å². The summed E-state index contributed by atoms with van der Waals surface area (Å²) in [6, 6.07) is 6.63. The third-order valence-electron chi connectivity index (χ3n) is 7.22. The second-order valence-electron chi connectivity index (χ2n) is 10.5. The molecule has 2 fully saturated rings. The molecule has 40 heavy (non-hydrogen) atoms. The molecule has 4 aromatic rings. The first kappa shape index (κ1) is 26.4. The van der Waals surface area contributed by atoms with Crippen LogP contribution in [0.1, 0.15) is 37.7 Å². The van der Waals surface area contributed by atoms with Crippen LogP contribution in [-0.2, 0) is 26.4 Å². The van der Waals surface area contributed by atoms with Gasteiger partial charge in [-0.05, 0) is 44.7 Å². The quantitative estimate of drug-likeness (QED) is 0.338. The summed E-state index contributed by atoms with van der Waals surface area (Å²) in [5, 5.41) is 5.96. The van der Waals surface area contributed by atoms with E-state index in [2.05, 4.69) is 20.6 Å². The molecule has 1 saturated carbocycles. The molecule has 11 nitrogen and oxygen atoms in total. The van der Waals surface area contributed by atoms with E-state index in [4.69, 9.17) is 9.72 Å². The lowest BCUT2D eigenvalue weighted by molar-refractivity contribution is -0.117. The third kappa shape index (κ3) is 5.06. The summed E-state index contributed by atoms with van der Waals surface area (Å²) in [4.78, 5) is 26.4. The molecule has 1 amide bonds. The number of nitrogens with zero attached hydrogens (tertiary/aromatic N) is 5. The van der Waals surface area contributed by atoms with E-state index in [-0.39, 0.29) is 23.4 Å². The Hall–Kier alpha value is -3.84. The Kier molecular flexibility index (Phi) is 6.57. The van der Waals surface area contributed by atoms with Gasteiger partial charge >= 0.3 is 0 Å². The van der Waals surface area contributed by atoms with Gasteiger partial charge in [0.2, 0.25) is 5.91 Å². The highest BCUT2D eigenvalue weighted by atomic mass is 32.2. The first-order chi connectivity index (χ1) is 19.1. The van der Waals surface area contributed by atoms with Gasteiger partial charge in [0.05, 0.1) is 34.2 Å². The van der Waals surface area contributed by atoms with Crippen LogP contribution in [0.5, 0.6) is 0 Å². The zero-order valence-electron chi connectivity index (χ0n) is 22.4. The van der Waals surface area contributed by atoms with Gasteiger partial charge in [0.15, 0.2) is 15.5 Å². The van der Waals surface area contributed by atoms with Gasteiger partial charge in [-0.2, -0.15) is 0 Å². The maximum absolute atomic E-state index is 13.6. The first-order valence-corrected chi connectivity index (χ1v) is 15.0. The molecule has 13 heteroatoms. The van der Waals surface area contributed by atoms with Crippen LogP contribution in [0.4, 0.5) is 21.6 Å². The summed E-state index contributed by atoms with van der Waals surface area (Å²) in [5.74, 6) is -0.264. The van der Waals surface area contributed by atoms with E-state index in [1.807, 2.05) is 18.5 Å². The highest BCUT2D eigenvalue weighted by molar-refractivity contribution is 7.90. The minimum Gasteiger partial charge on any atom is -0.358 e. The van der Waals surface area contributed by atoms with Gasteiger partial charge in [-0.15, -0.1) is 0 Å². The fraction of sp³-hybridized carbons (Fsp3) is 0.407. The summed E-state index contributed by atoms with van der Waals surface area (Å²) in [7, 11) is -1.82. The molecule has 0 bridgehead atoms.